The smallest absolute Gasteiger partial charge is 0.303 e. The number of carbonyl (C=O) groups is 2. The maximum Gasteiger partial charge on any atom is 0.303 e. The molecule has 1 aromatic heterocycles. The summed E-state index contributed by atoms with van der Waals surface area (Å²) in [6, 6.07) is 7.42. The molecule has 0 unspecified atom stereocenters. The highest BCUT2D eigenvalue weighted by molar-refractivity contribution is 5.81. The highest BCUT2D eigenvalue weighted by Crippen LogP contribution is 2.18. The van der Waals surface area contributed by atoms with E-state index in [9.17, 15) is 9.59 Å². The predicted octanol–water partition coefficient (Wildman–Crippen LogP) is 4.62. The minimum atomic E-state index is -0.901. The number of aryl methyl sites for hydroxylation is 1. The Morgan fingerprint density at radius 1 is 1.03 bits per heavy atom. The third kappa shape index (κ3) is 10.6. The van der Waals surface area contributed by atoms with Crippen LogP contribution < -0.4 is 11.1 Å². The third-order valence-electron chi connectivity index (χ3n) is 5.66. The summed E-state index contributed by atoms with van der Waals surface area (Å²) in [6.07, 6.45) is 12.2. The standard InChI is InChI=1S/C25H38N4O4/c1-2-3-4-5-6-7-8-9-11-19-14-16-20(17-15-19)24-28-22(33-29-24)18-27-25(32)21(26)12-10-13-23(30)31/h14-17,21H,2-13,18,26H2,1H3,(H,27,32)(H,30,31)/t21-/m0/s1. The van der Waals surface area contributed by atoms with Gasteiger partial charge >= 0.3 is 5.97 Å². The van der Waals surface area contributed by atoms with E-state index in [0.717, 1.165) is 12.0 Å². The Morgan fingerprint density at radius 2 is 1.70 bits per heavy atom. The number of aromatic nitrogens is 2. The fraction of sp³-hybridized carbons (Fsp3) is 0.600. The summed E-state index contributed by atoms with van der Waals surface area (Å²) in [7, 11) is 0. The molecular formula is C25H38N4O4. The van der Waals surface area contributed by atoms with E-state index < -0.39 is 12.0 Å². The molecule has 0 spiro atoms. The van der Waals surface area contributed by atoms with Crippen molar-refractivity contribution in [3.63, 3.8) is 0 Å². The summed E-state index contributed by atoms with van der Waals surface area (Å²) in [5, 5.41) is 15.3. The quantitative estimate of drug-likeness (QED) is 0.295. The molecule has 1 atom stereocenters. The van der Waals surface area contributed by atoms with E-state index in [4.69, 9.17) is 15.4 Å². The average molecular weight is 459 g/mol. The van der Waals surface area contributed by atoms with Gasteiger partial charge in [-0.2, -0.15) is 4.98 Å². The van der Waals surface area contributed by atoms with Crippen molar-refractivity contribution >= 4 is 11.9 Å². The summed E-state index contributed by atoms with van der Waals surface area (Å²) in [5.41, 5.74) is 7.95. The van der Waals surface area contributed by atoms with Gasteiger partial charge in [-0.15, -0.1) is 0 Å². The third-order valence-corrected chi connectivity index (χ3v) is 5.66. The van der Waals surface area contributed by atoms with Crippen LogP contribution >= 0.6 is 0 Å². The van der Waals surface area contributed by atoms with Crippen molar-refractivity contribution in [2.75, 3.05) is 0 Å². The topological polar surface area (TPSA) is 131 Å². The van der Waals surface area contributed by atoms with Gasteiger partial charge in [-0.05, 0) is 31.2 Å². The Morgan fingerprint density at radius 3 is 2.36 bits per heavy atom. The molecular weight excluding hydrogens is 420 g/mol. The number of nitrogens with one attached hydrogen (secondary N) is 1. The van der Waals surface area contributed by atoms with Gasteiger partial charge in [-0.3, -0.25) is 9.59 Å². The molecule has 0 aliphatic rings. The van der Waals surface area contributed by atoms with Crippen molar-refractivity contribution in [3.8, 4) is 11.4 Å². The van der Waals surface area contributed by atoms with Gasteiger partial charge < -0.3 is 20.7 Å². The monoisotopic (exact) mass is 458 g/mol. The van der Waals surface area contributed by atoms with Crippen molar-refractivity contribution in [2.45, 2.75) is 96.6 Å². The summed E-state index contributed by atoms with van der Waals surface area (Å²) in [4.78, 5) is 26.9. The lowest BCUT2D eigenvalue weighted by molar-refractivity contribution is -0.137. The van der Waals surface area contributed by atoms with E-state index >= 15 is 0 Å². The first kappa shape index (κ1) is 26.5. The number of nitrogens with two attached hydrogens (primary N) is 1. The number of carboxylic acids is 1. The van der Waals surface area contributed by atoms with Crippen molar-refractivity contribution < 1.29 is 19.2 Å². The minimum absolute atomic E-state index is 0.00802. The summed E-state index contributed by atoms with van der Waals surface area (Å²) in [5.74, 6) is -0.504. The molecule has 0 saturated carbocycles. The Bertz CT molecular complexity index is 835. The van der Waals surface area contributed by atoms with Gasteiger partial charge in [-0.1, -0.05) is 81.3 Å². The van der Waals surface area contributed by atoms with Gasteiger partial charge in [0.15, 0.2) is 0 Å². The highest BCUT2D eigenvalue weighted by Gasteiger charge is 2.15. The SMILES string of the molecule is CCCCCCCCCCc1ccc(-c2noc(CNC(=O)[C@@H](N)CCCC(=O)O)n2)cc1. The number of hydrogen-bond acceptors (Lipinski definition) is 6. The molecule has 1 amide bonds. The number of carboxylic acid groups (broad SMARTS) is 1. The summed E-state index contributed by atoms with van der Waals surface area (Å²) < 4.78 is 5.22. The number of aliphatic carboxylic acids is 1. The molecule has 8 nitrogen and oxygen atoms in total. The first-order valence-electron chi connectivity index (χ1n) is 12.2. The first-order chi connectivity index (χ1) is 16.0. The highest BCUT2D eigenvalue weighted by atomic mass is 16.5. The molecule has 0 aliphatic carbocycles. The Balaban J connectivity index is 1.69. The predicted molar refractivity (Wildman–Crippen MR) is 127 cm³/mol. The van der Waals surface area contributed by atoms with E-state index in [1.807, 2.05) is 12.1 Å². The maximum absolute atomic E-state index is 12.0. The number of unbranched alkanes of at least 4 members (excludes halogenated alkanes) is 7. The maximum atomic E-state index is 12.0. The second-order valence-electron chi connectivity index (χ2n) is 8.54. The molecule has 0 aliphatic heterocycles. The molecule has 1 aromatic carbocycles. The number of benzene rings is 1. The molecule has 2 rings (SSSR count). The van der Waals surface area contributed by atoms with Crippen LogP contribution in [0.3, 0.4) is 0 Å². The lowest BCUT2D eigenvalue weighted by Gasteiger charge is -2.10. The number of amides is 1. The Labute approximate surface area is 196 Å². The molecule has 0 bridgehead atoms. The number of carbonyl (C=O) groups excluding carboxylic acids is 1. The second-order valence-corrected chi connectivity index (χ2v) is 8.54. The van der Waals surface area contributed by atoms with Crippen LogP contribution in [0.5, 0.6) is 0 Å². The van der Waals surface area contributed by atoms with Gasteiger partial charge in [-0.25, -0.2) is 0 Å². The molecule has 1 heterocycles. The zero-order valence-electron chi connectivity index (χ0n) is 19.7. The van der Waals surface area contributed by atoms with Crippen LogP contribution in [0.2, 0.25) is 0 Å². The Kier molecular flexibility index (Phi) is 12.2. The van der Waals surface area contributed by atoms with Gasteiger partial charge in [0.2, 0.25) is 17.6 Å². The van der Waals surface area contributed by atoms with E-state index in [-0.39, 0.29) is 18.9 Å². The van der Waals surface area contributed by atoms with E-state index in [1.165, 1.54) is 56.9 Å². The molecule has 182 valence electrons. The van der Waals surface area contributed by atoms with Crippen molar-refractivity contribution in [1.82, 2.24) is 15.5 Å². The number of hydrogen-bond donors (Lipinski definition) is 3. The zero-order valence-corrected chi connectivity index (χ0v) is 19.7. The van der Waals surface area contributed by atoms with Gasteiger partial charge in [0.1, 0.15) is 0 Å². The van der Waals surface area contributed by atoms with Crippen molar-refractivity contribution in [2.24, 2.45) is 5.73 Å². The Hall–Kier alpha value is -2.74. The van der Waals surface area contributed by atoms with Crippen LogP contribution in [-0.2, 0) is 22.6 Å². The van der Waals surface area contributed by atoms with Crippen LogP contribution in [0.25, 0.3) is 11.4 Å². The molecule has 33 heavy (non-hydrogen) atoms. The molecule has 0 fully saturated rings. The average Bonchev–Trinajstić information content (AvgIpc) is 3.28. The molecule has 4 N–H and O–H groups in total. The van der Waals surface area contributed by atoms with Crippen LogP contribution in [0, 0.1) is 0 Å². The zero-order chi connectivity index (χ0) is 23.9. The number of nitrogens with zero attached hydrogens (tertiary/aromatic N) is 2. The van der Waals surface area contributed by atoms with E-state index in [2.05, 4.69) is 34.5 Å². The van der Waals surface area contributed by atoms with E-state index in [0.29, 0.717) is 24.6 Å². The summed E-state index contributed by atoms with van der Waals surface area (Å²) >= 11 is 0. The summed E-state index contributed by atoms with van der Waals surface area (Å²) in [6.45, 7) is 2.32. The van der Waals surface area contributed by atoms with Crippen molar-refractivity contribution in [3.05, 3.63) is 35.7 Å². The lowest BCUT2D eigenvalue weighted by atomic mass is 10.0. The van der Waals surface area contributed by atoms with Crippen LogP contribution in [0.15, 0.2) is 28.8 Å². The fourth-order valence-electron chi connectivity index (χ4n) is 3.63. The van der Waals surface area contributed by atoms with Crippen LogP contribution in [-0.4, -0.2) is 33.2 Å². The molecule has 8 heteroatoms. The fourth-order valence-corrected chi connectivity index (χ4v) is 3.63. The van der Waals surface area contributed by atoms with E-state index in [1.54, 1.807) is 0 Å². The van der Waals surface area contributed by atoms with Gasteiger partial charge in [0, 0.05) is 12.0 Å². The van der Waals surface area contributed by atoms with Crippen LogP contribution in [0.1, 0.15) is 89.0 Å². The number of rotatable bonds is 17. The molecule has 0 saturated heterocycles. The second kappa shape index (κ2) is 15.2. The largest absolute Gasteiger partial charge is 0.481 e. The van der Waals surface area contributed by atoms with Gasteiger partial charge in [0.25, 0.3) is 0 Å². The molecule has 0 radical (unpaired) electrons. The normalized spacial score (nSPS) is 11.9. The van der Waals surface area contributed by atoms with Crippen LogP contribution in [0.4, 0.5) is 0 Å². The van der Waals surface area contributed by atoms with Gasteiger partial charge in [0.05, 0.1) is 12.6 Å². The van der Waals surface area contributed by atoms with Crippen molar-refractivity contribution in [1.29, 1.82) is 0 Å². The molecule has 2 aromatic rings. The minimum Gasteiger partial charge on any atom is -0.481 e. The first-order valence-corrected chi connectivity index (χ1v) is 12.2. The lowest BCUT2D eigenvalue weighted by Crippen LogP contribution is -2.40.